The van der Waals surface area contributed by atoms with Crippen LogP contribution in [0.2, 0.25) is 0 Å². The van der Waals surface area contributed by atoms with E-state index in [4.69, 9.17) is 10.5 Å². The van der Waals surface area contributed by atoms with Crippen molar-refractivity contribution < 1.29 is 9.53 Å². The van der Waals surface area contributed by atoms with Crippen LogP contribution in [-0.4, -0.2) is 56.1 Å². The minimum Gasteiger partial charge on any atom is -0.397 e. The van der Waals surface area contributed by atoms with Gasteiger partial charge in [-0.2, -0.15) is 0 Å². The SMILES string of the molecule is CC.CC.CNc1cncc(N)c1.O=CCN1CCOCC1. The Morgan fingerprint density at radius 3 is 2.27 bits per heavy atom. The second-order valence-corrected chi connectivity index (χ2v) is 3.84. The average Bonchev–Trinajstić information content (AvgIpc) is 2.60. The smallest absolute Gasteiger partial charge is 0.133 e. The molecule has 6 nitrogen and oxygen atoms in total. The zero-order valence-corrected chi connectivity index (χ0v) is 14.6. The molecule has 1 saturated heterocycles. The second-order valence-electron chi connectivity index (χ2n) is 3.84. The van der Waals surface area contributed by atoms with E-state index < -0.39 is 0 Å². The van der Waals surface area contributed by atoms with Gasteiger partial charge in [0.1, 0.15) is 6.29 Å². The second kappa shape index (κ2) is 17.4. The highest BCUT2D eigenvalue weighted by Gasteiger charge is 2.07. The molecule has 1 aliphatic rings. The van der Waals surface area contributed by atoms with Crippen LogP contribution in [0, 0.1) is 0 Å². The number of nitrogens with one attached hydrogen (secondary N) is 1. The van der Waals surface area contributed by atoms with E-state index in [1.807, 2.05) is 40.8 Å². The molecule has 0 radical (unpaired) electrons. The van der Waals surface area contributed by atoms with Gasteiger partial charge in [-0.05, 0) is 6.07 Å². The number of hydrogen-bond acceptors (Lipinski definition) is 6. The number of nitrogens with zero attached hydrogens (tertiary/aromatic N) is 2. The Hall–Kier alpha value is -1.66. The van der Waals surface area contributed by atoms with Gasteiger partial charge in [-0.25, -0.2) is 0 Å². The molecule has 0 spiro atoms. The first-order chi connectivity index (χ1) is 10.8. The van der Waals surface area contributed by atoms with E-state index in [-0.39, 0.29) is 0 Å². The van der Waals surface area contributed by atoms with E-state index in [0.29, 0.717) is 12.2 Å². The van der Waals surface area contributed by atoms with E-state index in [1.165, 1.54) is 0 Å². The van der Waals surface area contributed by atoms with Crippen molar-refractivity contribution in [2.24, 2.45) is 0 Å². The van der Waals surface area contributed by atoms with E-state index in [0.717, 1.165) is 38.3 Å². The summed E-state index contributed by atoms with van der Waals surface area (Å²) in [6.45, 7) is 11.9. The Balaban J connectivity index is 0. The Morgan fingerprint density at radius 1 is 1.27 bits per heavy atom. The summed E-state index contributed by atoms with van der Waals surface area (Å²) in [4.78, 5) is 15.9. The molecule has 2 rings (SSSR count). The molecule has 6 heteroatoms. The van der Waals surface area contributed by atoms with Crippen LogP contribution in [0.15, 0.2) is 18.5 Å². The van der Waals surface area contributed by atoms with Crippen molar-refractivity contribution in [2.75, 3.05) is 50.9 Å². The standard InChI is InChI=1S/C6H9N3.C6H11NO2.2C2H6/c1-8-6-2-5(7)3-9-4-6;8-4-1-7-2-5-9-6-3-7;2*1-2/h2-4,8H,7H2,1H3;4H,1-3,5-6H2;2*1-2H3. The predicted molar refractivity (Wildman–Crippen MR) is 94.2 cm³/mol. The number of pyridine rings is 1. The maximum absolute atomic E-state index is 9.99. The Morgan fingerprint density at radius 2 is 1.86 bits per heavy atom. The third kappa shape index (κ3) is 12.1. The molecule has 1 aliphatic heterocycles. The van der Waals surface area contributed by atoms with Gasteiger partial charge in [0.25, 0.3) is 0 Å². The van der Waals surface area contributed by atoms with Crippen LogP contribution in [0.4, 0.5) is 11.4 Å². The molecule has 0 aliphatic carbocycles. The molecule has 0 saturated carbocycles. The van der Waals surface area contributed by atoms with Crippen LogP contribution in [0.5, 0.6) is 0 Å². The predicted octanol–water partition coefficient (Wildman–Crippen LogP) is 2.28. The first kappa shape index (κ1) is 22.6. The molecule has 0 unspecified atom stereocenters. The zero-order chi connectivity index (χ0) is 17.2. The maximum Gasteiger partial charge on any atom is 0.133 e. The van der Waals surface area contributed by atoms with Crippen molar-refractivity contribution in [3.05, 3.63) is 18.5 Å². The van der Waals surface area contributed by atoms with Crippen molar-refractivity contribution in [2.45, 2.75) is 27.7 Å². The van der Waals surface area contributed by atoms with E-state index in [9.17, 15) is 4.79 Å². The Bertz CT molecular complexity index is 356. The lowest BCUT2D eigenvalue weighted by Gasteiger charge is -2.23. The Labute approximate surface area is 135 Å². The highest BCUT2D eigenvalue weighted by atomic mass is 16.5. The number of aldehydes is 1. The lowest BCUT2D eigenvalue weighted by Crippen LogP contribution is -2.37. The number of nitrogens with two attached hydrogens (primary N) is 1. The number of aromatic nitrogens is 1. The summed E-state index contributed by atoms with van der Waals surface area (Å²) in [5, 5.41) is 2.93. The largest absolute Gasteiger partial charge is 0.397 e. The van der Waals surface area contributed by atoms with E-state index >= 15 is 0 Å². The molecule has 0 atom stereocenters. The van der Waals surface area contributed by atoms with Crippen molar-refractivity contribution in [3.8, 4) is 0 Å². The fourth-order valence-electron chi connectivity index (χ4n) is 1.48. The Kier molecular flexibility index (Phi) is 17.9. The summed E-state index contributed by atoms with van der Waals surface area (Å²) in [5.74, 6) is 0. The minimum atomic E-state index is 0.559. The quantitative estimate of drug-likeness (QED) is 0.834. The number of carbonyl (C=O) groups excluding carboxylic acids is 1. The molecule has 1 fully saturated rings. The van der Waals surface area contributed by atoms with E-state index in [1.54, 1.807) is 12.4 Å². The molecule has 1 aromatic rings. The molecule has 0 bridgehead atoms. The van der Waals surface area contributed by atoms with Gasteiger partial charge in [-0.15, -0.1) is 0 Å². The van der Waals surface area contributed by atoms with Crippen LogP contribution in [-0.2, 0) is 9.53 Å². The number of rotatable bonds is 3. The van der Waals surface area contributed by atoms with Gasteiger partial charge in [0.05, 0.1) is 37.3 Å². The monoisotopic (exact) mass is 312 g/mol. The molecule has 3 N–H and O–H groups in total. The minimum absolute atomic E-state index is 0.559. The van der Waals surface area contributed by atoms with Gasteiger partial charge in [0.15, 0.2) is 0 Å². The van der Waals surface area contributed by atoms with Gasteiger partial charge in [0, 0.05) is 26.3 Å². The van der Waals surface area contributed by atoms with Crippen molar-refractivity contribution >= 4 is 17.7 Å². The van der Waals surface area contributed by atoms with Crippen LogP contribution < -0.4 is 11.1 Å². The number of ether oxygens (including phenoxy) is 1. The molecule has 0 aromatic carbocycles. The summed E-state index contributed by atoms with van der Waals surface area (Å²) in [6, 6.07) is 1.83. The van der Waals surface area contributed by atoms with Gasteiger partial charge in [-0.3, -0.25) is 9.88 Å². The van der Waals surface area contributed by atoms with Gasteiger partial charge >= 0.3 is 0 Å². The summed E-state index contributed by atoms with van der Waals surface area (Å²) < 4.78 is 5.09. The number of carbonyl (C=O) groups is 1. The van der Waals surface area contributed by atoms with Crippen LogP contribution in [0.3, 0.4) is 0 Å². The first-order valence-electron chi connectivity index (χ1n) is 7.88. The summed E-state index contributed by atoms with van der Waals surface area (Å²) in [5.41, 5.74) is 7.05. The number of hydrogen-bond donors (Lipinski definition) is 2. The lowest BCUT2D eigenvalue weighted by atomic mass is 10.4. The number of anilines is 2. The van der Waals surface area contributed by atoms with Crippen LogP contribution >= 0.6 is 0 Å². The normalized spacial score (nSPS) is 13.1. The van der Waals surface area contributed by atoms with Crippen molar-refractivity contribution in [1.82, 2.24) is 9.88 Å². The summed E-state index contributed by atoms with van der Waals surface area (Å²) in [7, 11) is 1.83. The van der Waals surface area contributed by atoms with Gasteiger partial charge in [0.2, 0.25) is 0 Å². The molecule has 128 valence electrons. The fourth-order valence-corrected chi connectivity index (χ4v) is 1.48. The molecule has 1 aromatic heterocycles. The average molecular weight is 312 g/mol. The third-order valence-electron chi connectivity index (χ3n) is 2.48. The summed E-state index contributed by atoms with van der Waals surface area (Å²) >= 11 is 0. The first-order valence-corrected chi connectivity index (χ1v) is 7.88. The van der Waals surface area contributed by atoms with E-state index in [2.05, 4.69) is 15.2 Å². The zero-order valence-electron chi connectivity index (χ0n) is 14.6. The fraction of sp³-hybridized carbons (Fsp3) is 0.625. The summed E-state index contributed by atoms with van der Waals surface area (Å²) in [6.07, 6.45) is 4.27. The molecule has 2 heterocycles. The molecule has 22 heavy (non-hydrogen) atoms. The maximum atomic E-state index is 9.99. The topological polar surface area (TPSA) is 80.5 Å². The van der Waals surface area contributed by atoms with Crippen molar-refractivity contribution in [1.29, 1.82) is 0 Å². The highest BCUT2D eigenvalue weighted by Crippen LogP contribution is 2.07. The van der Waals surface area contributed by atoms with Crippen LogP contribution in [0.1, 0.15) is 27.7 Å². The third-order valence-corrected chi connectivity index (χ3v) is 2.48. The van der Waals surface area contributed by atoms with Gasteiger partial charge in [-0.1, -0.05) is 27.7 Å². The number of morpholine rings is 1. The molecular formula is C16H32N4O2. The van der Waals surface area contributed by atoms with Gasteiger partial charge < -0.3 is 20.6 Å². The molecule has 0 amide bonds. The lowest BCUT2D eigenvalue weighted by molar-refractivity contribution is -0.109. The van der Waals surface area contributed by atoms with Crippen LogP contribution in [0.25, 0.3) is 0 Å². The van der Waals surface area contributed by atoms with Crippen molar-refractivity contribution in [3.63, 3.8) is 0 Å². The highest BCUT2D eigenvalue weighted by molar-refractivity contribution is 5.52. The number of nitrogen functional groups attached to an aromatic ring is 1. The molecular weight excluding hydrogens is 280 g/mol.